The molecule has 0 radical (unpaired) electrons. The second-order valence-corrected chi connectivity index (χ2v) is 3.44. The number of carboxylic acids is 1. The molecule has 0 fully saturated rings. The Labute approximate surface area is 97.5 Å². The summed E-state index contributed by atoms with van der Waals surface area (Å²) < 4.78 is 5.13. The predicted octanol–water partition coefficient (Wildman–Crippen LogP) is 2.41. The summed E-state index contributed by atoms with van der Waals surface area (Å²) in [6.45, 7) is 0. The van der Waals surface area contributed by atoms with Crippen molar-refractivity contribution in [3.63, 3.8) is 0 Å². The normalized spacial score (nSPS) is 9.81. The lowest BCUT2D eigenvalue weighted by molar-refractivity contribution is 0.0665. The first-order chi connectivity index (χ1) is 7.70. The molecule has 1 aromatic heterocycles. The lowest BCUT2D eigenvalue weighted by atomic mass is 10.1. The molecule has 0 saturated carbocycles. The fourth-order valence-corrected chi connectivity index (χ4v) is 1.45. The largest absolute Gasteiger partial charge is 0.475 e. The SMILES string of the molecule is O=C(O)c1cc2cc(C#CCS)ccc2o1. The summed E-state index contributed by atoms with van der Waals surface area (Å²) >= 11 is 3.99. The van der Waals surface area contributed by atoms with Gasteiger partial charge >= 0.3 is 5.97 Å². The molecule has 0 saturated heterocycles. The Morgan fingerprint density at radius 2 is 2.25 bits per heavy atom. The van der Waals surface area contributed by atoms with Gasteiger partial charge in [-0.05, 0) is 24.3 Å². The van der Waals surface area contributed by atoms with Gasteiger partial charge in [-0.25, -0.2) is 4.79 Å². The molecule has 0 unspecified atom stereocenters. The van der Waals surface area contributed by atoms with Crippen molar-refractivity contribution < 1.29 is 14.3 Å². The van der Waals surface area contributed by atoms with Crippen molar-refractivity contribution in [1.29, 1.82) is 0 Å². The average Bonchev–Trinajstić information content (AvgIpc) is 2.69. The van der Waals surface area contributed by atoms with Crippen LogP contribution < -0.4 is 0 Å². The van der Waals surface area contributed by atoms with Crippen LogP contribution >= 0.6 is 12.6 Å². The van der Waals surface area contributed by atoms with Crippen LogP contribution in [0.1, 0.15) is 16.1 Å². The molecule has 1 N–H and O–H groups in total. The zero-order valence-electron chi connectivity index (χ0n) is 8.23. The van der Waals surface area contributed by atoms with Gasteiger partial charge in [0.2, 0.25) is 5.76 Å². The van der Waals surface area contributed by atoms with Crippen LogP contribution in [0.5, 0.6) is 0 Å². The van der Waals surface area contributed by atoms with Crippen LogP contribution in [0.2, 0.25) is 0 Å². The Morgan fingerprint density at radius 1 is 1.44 bits per heavy atom. The standard InChI is InChI=1S/C12H8O3S/c13-12(14)11-7-9-6-8(2-1-5-16)3-4-10(9)15-11/h3-4,6-7,16H,5H2,(H,13,14). The van der Waals surface area contributed by atoms with E-state index in [1.54, 1.807) is 18.2 Å². The Hall–Kier alpha value is -1.86. The summed E-state index contributed by atoms with van der Waals surface area (Å²) in [6, 6.07) is 6.78. The minimum Gasteiger partial charge on any atom is -0.475 e. The van der Waals surface area contributed by atoms with Gasteiger partial charge in [-0.15, -0.1) is 0 Å². The minimum atomic E-state index is -1.07. The van der Waals surface area contributed by atoms with Crippen LogP contribution in [0.15, 0.2) is 28.7 Å². The third-order valence-corrected chi connectivity index (χ3v) is 2.20. The lowest BCUT2D eigenvalue weighted by Gasteiger charge is -1.89. The maximum absolute atomic E-state index is 10.7. The Morgan fingerprint density at radius 3 is 2.94 bits per heavy atom. The minimum absolute atomic E-state index is 0.0608. The van der Waals surface area contributed by atoms with E-state index in [2.05, 4.69) is 24.5 Å². The van der Waals surface area contributed by atoms with Crippen LogP contribution in [0.25, 0.3) is 11.0 Å². The van der Waals surface area contributed by atoms with Gasteiger partial charge in [-0.2, -0.15) is 12.6 Å². The molecule has 0 spiro atoms. The second-order valence-electron chi connectivity index (χ2n) is 3.13. The average molecular weight is 232 g/mol. The van der Waals surface area contributed by atoms with E-state index in [9.17, 15) is 4.79 Å². The van der Waals surface area contributed by atoms with Crippen molar-refractivity contribution >= 4 is 29.6 Å². The molecule has 2 rings (SSSR count). The predicted molar refractivity (Wildman–Crippen MR) is 63.9 cm³/mol. The Kier molecular flexibility index (Phi) is 2.88. The molecule has 0 aliphatic heterocycles. The van der Waals surface area contributed by atoms with E-state index in [4.69, 9.17) is 9.52 Å². The van der Waals surface area contributed by atoms with E-state index >= 15 is 0 Å². The number of benzene rings is 1. The van der Waals surface area contributed by atoms with E-state index in [0.29, 0.717) is 11.3 Å². The molecule has 3 nitrogen and oxygen atoms in total. The van der Waals surface area contributed by atoms with E-state index < -0.39 is 5.97 Å². The zero-order chi connectivity index (χ0) is 11.5. The molecule has 2 aromatic rings. The molecule has 1 heterocycles. The summed E-state index contributed by atoms with van der Waals surface area (Å²) in [4.78, 5) is 10.7. The van der Waals surface area contributed by atoms with Gasteiger partial charge in [0.25, 0.3) is 0 Å². The summed E-state index contributed by atoms with van der Waals surface area (Å²) in [5.41, 5.74) is 1.37. The highest BCUT2D eigenvalue weighted by atomic mass is 32.1. The Bertz CT molecular complexity index is 601. The van der Waals surface area contributed by atoms with Gasteiger partial charge in [0.1, 0.15) is 5.58 Å². The summed E-state index contributed by atoms with van der Waals surface area (Å²) in [5, 5.41) is 9.50. The topological polar surface area (TPSA) is 50.4 Å². The molecule has 1 aromatic carbocycles. The smallest absolute Gasteiger partial charge is 0.371 e. The van der Waals surface area contributed by atoms with Gasteiger partial charge in [-0.1, -0.05) is 11.8 Å². The molecule has 4 heteroatoms. The monoisotopic (exact) mass is 232 g/mol. The lowest BCUT2D eigenvalue weighted by Crippen LogP contribution is -1.91. The van der Waals surface area contributed by atoms with E-state index in [0.717, 1.165) is 10.9 Å². The van der Waals surface area contributed by atoms with Gasteiger partial charge in [0.05, 0.1) is 5.75 Å². The molecular weight excluding hydrogens is 224 g/mol. The number of hydrogen-bond acceptors (Lipinski definition) is 3. The highest BCUT2D eigenvalue weighted by molar-refractivity contribution is 7.80. The Balaban J connectivity index is 2.49. The fraction of sp³-hybridized carbons (Fsp3) is 0.0833. The zero-order valence-corrected chi connectivity index (χ0v) is 9.12. The molecular formula is C12H8O3S. The quantitative estimate of drug-likeness (QED) is 0.586. The van der Waals surface area contributed by atoms with Crippen LogP contribution in [-0.4, -0.2) is 16.8 Å². The van der Waals surface area contributed by atoms with Crippen LogP contribution in [0.3, 0.4) is 0 Å². The number of thiol groups is 1. The summed E-state index contributed by atoms with van der Waals surface area (Å²) in [6.07, 6.45) is 0. The van der Waals surface area contributed by atoms with Gasteiger partial charge in [0.15, 0.2) is 0 Å². The highest BCUT2D eigenvalue weighted by Crippen LogP contribution is 2.20. The van der Waals surface area contributed by atoms with Crippen molar-refractivity contribution in [3.8, 4) is 11.8 Å². The highest BCUT2D eigenvalue weighted by Gasteiger charge is 2.09. The van der Waals surface area contributed by atoms with E-state index in [-0.39, 0.29) is 5.76 Å². The maximum atomic E-state index is 10.7. The second kappa shape index (κ2) is 4.33. The first kappa shape index (κ1) is 10.7. The maximum Gasteiger partial charge on any atom is 0.371 e. The van der Waals surface area contributed by atoms with Crippen LogP contribution in [-0.2, 0) is 0 Å². The van der Waals surface area contributed by atoms with Gasteiger partial charge in [0, 0.05) is 10.9 Å². The van der Waals surface area contributed by atoms with E-state index in [1.165, 1.54) is 6.07 Å². The van der Waals surface area contributed by atoms with Crippen molar-refractivity contribution in [2.24, 2.45) is 0 Å². The fourth-order valence-electron chi connectivity index (χ4n) is 1.37. The number of carbonyl (C=O) groups is 1. The van der Waals surface area contributed by atoms with Crippen LogP contribution in [0.4, 0.5) is 0 Å². The van der Waals surface area contributed by atoms with E-state index in [1.807, 2.05) is 0 Å². The molecule has 0 bridgehead atoms. The summed E-state index contributed by atoms with van der Waals surface area (Å²) in [7, 11) is 0. The molecule has 0 aliphatic rings. The number of rotatable bonds is 1. The molecule has 16 heavy (non-hydrogen) atoms. The van der Waals surface area contributed by atoms with Crippen molar-refractivity contribution in [1.82, 2.24) is 0 Å². The molecule has 0 aliphatic carbocycles. The summed E-state index contributed by atoms with van der Waals surface area (Å²) in [5.74, 6) is 5.09. The first-order valence-corrected chi connectivity index (χ1v) is 5.20. The number of carboxylic acid groups (broad SMARTS) is 1. The van der Waals surface area contributed by atoms with Gasteiger partial charge in [-0.3, -0.25) is 0 Å². The molecule has 0 atom stereocenters. The van der Waals surface area contributed by atoms with Crippen molar-refractivity contribution in [2.45, 2.75) is 0 Å². The number of fused-ring (bicyclic) bond motifs is 1. The molecule has 80 valence electrons. The first-order valence-electron chi connectivity index (χ1n) is 4.57. The third kappa shape index (κ3) is 2.05. The third-order valence-electron chi connectivity index (χ3n) is 2.04. The van der Waals surface area contributed by atoms with Crippen molar-refractivity contribution in [2.75, 3.05) is 5.75 Å². The number of hydrogen-bond donors (Lipinski definition) is 2. The number of aromatic carboxylic acids is 1. The van der Waals surface area contributed by atoms with Crippen molar-refractivity contribution in [3.05, 3.63) is 35.6 Å². The molecule has 0 amide bonds. The van der Waals surface area contributed by atoms with Crippen LogP contribution in [0, 0.1) is 11.8 Å². The number of furan rings is 1. The van der Waals surface area contributed by atoms with Gasteiger partial charge < -0.3 is 9.52 Å².